The summed E-state index contributed by atoms with van der Waals surface area (Å²) in [6.07, 6.45) is 4.03. The molecule has 0 aliphatic heterocycles. The van der Waals surface area contributed by atoms with Crippen LogP contribution < -0.4 is 4.74 Å². The maximum Gasteiger partial charge on any atom is 0.259 e. The van der Waals surface area contributed by atoms with Gasteiger partial charge in [-0.05, 0) is 43.2 Å². The van der Waals surface area contributed by atoms with Crippen molar-refractivity contribution in [2.24, 2.45) is 0 Å². The normalized spacial score (nSPS) is 14.0. The Labute approximate surface area is 138 Å². The Morgan fingerprint density at radius 1 is 1.17 bits per heavy atom. The minimum Gasteiger partial charge on any atom is -0.495 e. The van der Waals surface area contributed by atoms with E-state index in [1.165, 1.54) is 0 Å². The van der Waals surface area contributed by atoms with Crippen molar-refractivity contribution in [2.75, 3.05) is 7.11 Å². The zero-order valence-corrected chi connectivity index (χ0v) is 13.2. The fourth-order valence-corrected chi connectivity index (χ4v) is 2.63. The highest BCUT2D eigenvalue weighted by Crippen LogP contribution is 2.39. The standard InChI is InChI=1S/C17H14ClN3O2/c1-22-15-7-5-11(8-13(15)18)14-6-4-12(9-19-14)17-20-16(21-23-17)10-2-3-10/h4-10H,2-3H2,1H3. The van der Waals surface area contributed by atoms with E-state index in [0.29, 0.717) is 22.6 Å². The van der Waals surface area contributed by atoms with E-state index >= 15 is 0 Å². The lowest BCUT2D eigenvalue weighted by Gasteiger charge is -2.06. The molecule has 0 atom stereocenters. The van der Waals surface area contributed by atoms with Crippen LogP contribution in [0.2, 0.25) is 5.02 Å². The van der Waals surface area contributed by atoms with Crippen molar-refractivity contribution in [1.29, 1.82) is 0 Å². The lowest BCUT2D eigenvalue weighted by Crippen LogP contribution is -1.88. The Bertz CT molecular complexity index is 841. The Hall–Kier alpha value is -2.40. The molecule has 0 radical (unpaired) electrons. The number of nitrogens with zero attached hydrogens (tertiary/aromatic N) is 3. The fourth-order valence-electron chi connectivity index (χ4n) is 2.38. The van der Waals surface area contributed by atoms with E-state index in [1.54, 1.807) is 13.3 Å². The third kappa shape index (κ3) is 2.80. The second kappa shape index (κ2) is 5.66. The van der Waals surface area contributed by atoms with Gasteiger partial charge in [0.25, 0.3) is 5.89 Å². The highest BCUT2D eigenvalue weighted by Gasteiger charge is 2.29. The largest absolute Gasteiger partial charge is 0.495 e. The van der Waals surface area contributed by atoms with Crippen molar-refractivity contribution in [3.63, 3.8) is 0 Å². The molecule has 1 aliphatic carbocycles. The van der Waals surface area contributed by atoms with E-state index in [2.05, 4.69) is 15.1 Å². The topological polar surface area (TPSA) is 61.0 Å². The van der Waals surface area contributed by atoms with Crippen molar-refractivity contribution in [1.82, 2.24) is 15.1 Å². The molecule has 6 heteroatoms. The van der Waals surface area contributed by atoms with Gasteiger partial charge in [-0.2, -0.15) is 4.98 Å². The van der Waals surface area contributed by atoms with Gasteiger partial charge >= 0.3 is 0 Å². The lowest BCUT2D eigenvalue weighted by molar-refractivity contribution is 0.415. The summed E-state index contributed by atoms with van der Waals surface area (Å²) >= 11 is 6.16. The Kier molecular flexibility index (Phi) is 3.50. The molecule has 23 heavy (non-hydrogen) atoms. The highest BCUT2D eigenvalue weighted by molar-refractivity contribution is 6.32. The van der Waals surface area contributed by atoms with Crippen LogP contribution in [-0.4, -0.2) is 22.2 Å². The number of benzene rings is 1. The molecule has 5 nitrogen and oxygen atoms in total. The Morgan fingerprint density at radius 2 is 2.00 bits per heavy atom. The first-order valence-corrected chi connectivity index (χ1v) is 7.76. The number of methoxy groups -OCH3 is 1. The summed E-state index contributed by atoms with van der Waals surface area (Å²) < 4.78 is 10.5. The molecular formula is C17H14ClN3O2. The van der Waals surface area contributed by atoms with Crippen molar-refractivity contribution < 1.29 is 9.26 Å². The van der Waals surface area contributed by atoms with E-state index in [0.717, 1.165) is 35.5 Å². The van der Waals surface area contributed by atoms with Crippen LogP contribution in [0.1, 0.15) is 24.6 Å². The molecule has 116 valence electrons. The summed E-state index contributed by atoms with van der Waals surface area (Å²) in [5.41, 5.74) is 2.56. The van der Waals surface area contributed by atoms with Gasteiger partial charge in [0.15, 0.2) is 5.82 Å². The zero-order valence-electron chi connectivity index (χ0n) is 12.5. The molecule has 1 fully saturated rings. The molecule has 4 rings (SSSR count). The average molecular weight is 328 g/mol. The van der Waals surface area contributed by atoms with Crippen molar-refractivity contribution >= 4 is 11.6 Å². The van der Waals surface area contributed by atoms with Gasteiger partial charge in [0.2, 0.25) is 0 Å². The minimum absolute atomic E-state index is 0.473. The molecule has 1 saturated carbocycles. The summed E-state index contributed by atoms with van der Waals surface area (Å²) in [6, 6.07) is 9.41. The van der Waals surface area contributed by atoms with Crippen molar-refractivity contribution in [2.45, 2.75) is 18.8 Å². The zero-order chi connectivity index (χ0) is 15.8. The van der Waals surface area contributed by atoms with Gasteiger partial charge in [0.1, 0.15) is 5.75 Å². The van der Waals surface area contributed by atoms with Gasteiger partial charge in [-0.3, -0.25) is 4.98 Å². The lowest BCUT2D eigenvalue weighted by atomic mass is 10.1. The number of hydrogen-bond donors (Lipinski definition) is 0. The first-order valence-electron chi connectivity index (χ1n) is 7.38. The molecule has 0 spiro atoms. The van der Waals surface area contributed by atoms with Gasteiger partial charge < -0.3 is 9.26 Å². The molecule has 2 heterocycles. The first-order chi connectivity index (χ1) is 11.2. The number of hydrogen-bond acceptors (Lipinski definition) is 5. The highest BCUT2D eigenvalue weighted by atomic mass is 35.5. The van der Waals surface area contributed by atoms with Gasteiger partial charge in [0, 0.05) is 17.7 Å². The molecule has 0 unspecified atom stereocenters. The van der Waals surface area contributed by atoms with E-state index < -0.39 is 0 Å². The minimum atomic E-state index is 0.473. The average Bonchev–Trinajstić information content (AvgIpc) is 3.32. The van der Waals surface area contributed by atoms with E-state index in [1.807, 2.05) is 30.3 Å². The summed E-state index contributed by atoms with van der Waals surface area (Å²) in [5.74, 6) is 2.43. The molecule has 0 amide bonds. The van der Waals surface area contributed by atoms with E-state index in [-0.39, 0.29) is 0 Å². The Morgan fingerprint density at radius 3 is 2.65 bits per heavy atom. The van der Waals surface area contributed by atoms with Crippen LogP contribution in [0.5, 0.6) is 5.75 Å². The van der Waals surface area contributed by atoms with Crippen molar-refractivity contribution in [3.05, 3.63) is 47.4 Å². The predicted molar refractivity (Wildman–Crippen MR) is 86.5 cm³/mol. The van der Waals surface area contributed by atoms with E-state index in [9.17, 15) is 0 Å². The predicted octanol–water partition coefficient (Wildman–Crippen LogP) is 4.34. The molecule has 0 N–H and O–H groups in total. The first kappa shape index (κ1) is 14.2. The number of rotatable bonds is 4. The van der Waals surface area contributed by atoms with Crippen LogP contribution in [0.4, 0.5) is 0 Å². The molecule has 2 aromatic heterocycles. The maximum absolute atomic E-state index is 6.16. The fraction of sp³-hybridized carbons (Fsp3) is 0.235. The quantitative estimate of drug-likeness (QED) is 0.713. The van der Waals surface area contributed by atoms with Crippen LogP contribution in [0.3, 0.4) is 0 Å². The molecule has 0 bridgehead atoms. The summed E-state index contributed by atoms with van der Waals surface area (Å²) in [4.78, 5) is 8.89. The molecule has 3 aromatic rings. The van der Waals surface area contributed by atoms with Crippen LogP contribution in [0.25, 0.3) is 22.7 Å². The number of ether oxygens (including phenoxy) is 1. The van der Waals surface area contributed by atoms with E-state index in [4.69, 9.17) is 20.9 Å². The van der Waals surface area contributed by atoms with Crippen LogP contribution >= 0.6 is 11.6 Å². The summed E-state index contributed by atoms with van der Waals surface area (Å²) in [5, 5.41) is 4.58. The maximum atomic E-state index is 6.16. The summed E-state index contributed by atoms with van der Waals surface area (Å²) in [6.45, 7) is 0. The van der Waals surface area contributed by atoms with Gasteiger partial charge in [-0.25, -0.2) is 0 Å². The van der Waals surface area contributed by atoms with Crippen LogP contribution in [-0.2, 0) is 0 Å². The third-order valence-corrected chi connectivity index (χ3v) is 4.14. The SMILES string of the molecule is COc1ccc(-c2ccc(-c3nc(C4CC4)no3)cn2)cc1Cl. The van der Waals surface area contributed by atoms with Gasteiger partial charge in [-0.15, -0.1) is 0 Å². The van der Waals surface area contributed by atoms with Crippen molar-refractivity contribution in [3.8, 4) is 28.5 Å². The van der Waals surface area contributed by atoms with Crippen LogP contribution in [0.15, 0.2) is 41.1 Å². The second-order valence-electron chi connectivity index (χ2n) is 5.51. The number of halogens is 1. The molecule has 1 aromatic carbocycles. The second-order valence-corrected chi connectivity index (χ2v) is 5.92. The monoisotopic (exact) mass is 327 g/mol. The van der Waals surface area contributed by atoms with Gasteiger partial charge in [0.05, 0.1) is 23.4 Å². The van der Waals surface area contributed by atoms with Gasteiger partial charge in [-0.1, -0.05) is 16.8 Å². The molecule has 0 saturated heterocycles. The third-order valence-electron chi connectivity index (χ3n) is 3.84. The smallest absolute Gasteiger partial charge is 0.259 e. The number of aromatic nitrogens is 3. The Balaban J connectivity index is 1.60. The summed E-state index contributed by atoms with van der Waals surface area (Å²) in [7, 11) is 1.59. The molecule has 1 aliphatic rings. The number of pyridine rings is 1. The molecular weight excluding hydrogens is 314 g/mol. The van der Waals surface area contributed by atoms with Crippen LogP contribution in [0, 0.1) is 0 Å².